The number of ether oxygens (including phenoxy) is 1. The molecule has 2 aromatic carbocycles. The second-order valence-corrected chi connectivity index (χ2v) is 4.83. The molecular weight excluding hydrogens is 283 g/mol. The molecule has 3 N–H and O–H groups in total. The van der Waals surface area contributed by atoms with Crippen LogP contribution in [0.5, 0.6) is 5.75 Å². The summed E-state index contributed by atoms with van der Waals surface area (Å²) in [4.78, 5) is 0. The van der Waals surface area contributed by atoms with Gasteiger partial charge in [0.1, 0.15) is 5.75 Å². The lowest BCUT2D eigenvalue weighted by molar-refractivity contribution is 0.416. The van der Waals surface area contributed by atoms with Gasteiger partial charge in [-0.1, -0.05) is 29.3 Å². The topological polar surface area (TPSA) is 47.3 Å². The summed E-state index contributed by atoms with van der Waals surface area (Å²) in [6.07, 6.45) is 0. The second-order valence-electron chi connectivity index (χ2n) is 4.01. The van der Waals surface area contributed by atoms with Crippen LogP contribution in [0, 0.1) is 0 Å². The summed E-state index contributed by atoms with van der Waals surface area (Å²) in [7, 11) is 1.60. The Morgan fingerprint density at radius 1 is 1.16 bits per heavy atom. The first-order valence-corrected chi connectivity index (χ1v) is 6.47. The Hall–Kier alpha value is -1.58. The number of benzene rings is 2. The van der Waals surface area contributed by atoms with E-state index in [1.807, 2.05) is 24.3 Å². The van der Waals surface area contributed by atoms with Crippen LogP contribution in [0.15, 0.2) is 36.4 Å². The van der Waals surface area contributed by atoms with Crippen molar-refractivity contribution in [3.63, 3.8) is 0 Å². The molecule has 2 rings (SSSR count). The van der Waals surface area contributed by atoms with E-state index in [1.165, 1.54) is 0 Å². The molecule has 0 aliphatic carbocycles. The average molecular weight is 297 g/mol. The van der Waals surface area contributed by atoms with Gasteiger partial charge in [0.15, 0.2) is 0 Å². The number of halogens is 2. The van der Waals surface area contributed by atoms with Gasteiger partial charge in [-0.05, 0) is 24.3 Å². The minimum absolute atomic E-state index is 0.513. The summed E-state index contributed by atoms with van der Waals surface area (Å²) < 4.78 is 5.27. The largest absolute Gasteiger partial charge is 0.495 e. The number of methoxy groups -OCH3 is 1. The molecular formula is C14H14Cl2N2O. The lowest BCUT2D eigenvalue weighted by Crippen LogP contribution is -2.03. The number of anilines is 2. The van der Waals surface area contributed by atoms with Gasteiger partial charge in [-0.3, -0.25) is 0 Å². The van der Waals surface area contributed by atoms with Gasteiger partial charge < -0.3 is 15.8 Å². The van der Waals surface area contributed by atoms with Crippen molar-refractivity contribution in [1.82, 2.24) is 0 Å². The van der Waals surface area contributed by atoms with Gasteiger partial charge in [0.25, 0.3) is 0 Å². The molecule has 0 fully saturated rings. The summed E-state index contributed by atoms with van der Waals surface area (Å²) in [5, 5.41) is 4.51. The van der Waals surface area contributed by atoms with E-state index in [1.54, 1.807) is 19.2 Å². The standard InChI is InChI=1S/C14H14Cl2N2O/c1-19-14-7-9(17)5-6-13(14)18-8-10-11(15)3-2-4-12(10)16/h2-7,18H,8,17H2,1H3. The summed E-state index contributed by atoms with van der Waals surface area (Å²) in [5.41, 5.74) is 8.05. The van der Waals surface area contributed by atoms with Crippen LogP contribution in [-0.4, -0.2) is 7.11 Å². The van der Waals surface area contributed by atoms with E-state index in [9.17, 15) is 0 Å². The highest BCUT2D eigenvalue weighted by Crippen LogP contribution is 2.29. The third kappa shape index (κ3) is 3.25. The monoisotopic (exact) mass is 296 g/mol. The minimum atomic E-state index is 0.513. The Morgan fingerprint density at radius 3 is 2.47 bits per heavy atom. The van der Waals surface area contributed by atoms with E-state index in [4.69, 9.17) is 33.7 Å². The van der Waals surface area contributed by atoms with Gasteiger partial charge in [0.05, 0.1) is 12.8 Å². The summed E-state index contributed by atoms with van der Waals surface area (Å²) in [5.74, 6) is 0.683. The third-order valence-electron chi connectivity index (χ3n) is 2.74. The van der Waals surface area contributed by atoms with E-state index in [0.717, 1.165) is 11.3 Å². The highest BCUT2D eigenvalue weighted by atomic mass is 35.5. The van der Waals surface area contributed by atoms with E-state index < -0.39 is 0 Å². The zero-order chi connectivity index (χ0) is 13.8. The highest BCUT2D eigenvalue weighted by molar-refractivity contribution is 6.36. The summed E-state index contributed by atoms with van der Waals surface area (Å²) >= 11 is 12.2. The van der Waals surface area contributed by atoms with Gasteiger partial charge >= 0.3 is 0 Å². The number of rotatable bonds is 4. The highest BCUT2D eigenvalue weighted by Gasteiger charge is 2.07. The van der Waals surface area contributed by atoms with Crippen molar-refractivity contribution >= 4 is 34.6 Å². The van der Waals surface area contributed by atoms with Crippen molar-refractivity contribution in [3.05, 3.63) is 52.0 Å². The fourth-order valence-electron chi connectivity index (χ4n) is 1.74. The second kappa shape index (κ2) is 6.04. The molecule has 0 heterocycles. The first kappa shape index (κ1) is 13.8. The van der Waals surface area contributed by atoms with Gasteiger partial charge in [-0.2, -0.15) is 0 Å². The average Bonchev–Trinajstić information content (AvgIpc) is 2.39. The predicted molar refractivity (Wildman–Crippen MR) is 81.2 cm³/mol. The molecule has 0 aromatic heterocycles. The molecule has 0 amide bonds. The Bertz CT molecular complexity index is 567. The SMILES string of the molecule is COc1cc(N)ccc1NCc1c(Cl)cccc1Cl. The van der Waals surface area contributed by atoms with Crippen molar-refractivity contribution < 1.29 is 4.74 Å². The first-order valence-electron chi connectivity index (χ1n) is 5.72. The minimum Gasteiger partial charge on any atom is -0.495 e. The third-order valence-corrected chi connectivity index (χ3v) is 3.45. The van der Waals surface area contributed by atoms with Crippen LogP contribution in [0.25, 0.3) is 0 Å². The van der Waals surface area contributed by atoms with Gasteiger partial charge in [0, 0.05) is 33.9 Å². The van der Waals surface area contributed by atoms with Crippen LogP contribution >= 0.6 is 23.2 Å². The maximum Gasteiger partial charge on any atom is 0.144 e. The Morgan fingerprint density at radius 2 is 1.84 bits per heavy atom. The number of hydrogen-bond acceptors (Lipinski definition) is 3. The number of nitrogens with one attached hydrogen (secondary N) is 1. The molecule has 0 unspecified atom stereocenters. The fraction of sp³-hybridized carbons (Fsp3) is 0.143. The number of hydrogen-bond donors (Lipinski definition) is 2. The van der Waals surface area contributed by atoms with E-state index in [2.05, 4.69) is 5.32 Å². The lowest BCUT2D eigenvalue weighted by Gasteiger charge is -2.13. The van der Waals surface area contributed by atoms with Crippen LogP contribution in [0.1, 0.15) is 5.56 Å². The van der Waals surface area contributed by atoms with Crippen LogP contribution in [-0.2, 0) is 6.54 Å². The van der Waals surface area contributed by atoms with E-state index in [0.29, 0.717) is 28.0 Å². The van der Waals surface area contributed by atoms with Crippen molar-refractivity contribution in [3.8, 4) is 5.75 Å². The molecule has 5 heteroatoms. The van der Waals surface area contributed by atoms with Gasteiger partial charge in [-0.15, -0.1) is 0 Å². The molecule has 19 heavy (non-hydrogen) atoms. The molecule has 0 aliphatic rings. The Kier molecular flexibility index (Phi) is 4.40. The molecule has 0 atom stereocenters. The van der Waals surface area contributed by atoms with Crippen molar-refractivity contribution in [1.29, 1.82) is 0 Å². The van der Waals surface area contributed by atoms with Crippen LogP contribution in [0.4, 0.5) is 11.4 Å². The molecule has 100 valence electrons. The van der Waals surface area contributed by atoms with Crippen LogP contribution in [0.2, 0.25) is 10.0 Å². The molecule has 3 nitrogen and oxygen atoms in total. The molecule has 0 aliphatic heterocycles. The maximum absolute atomic E-state index is 6.12. The molecule has 0 bridgehead atoms. The normalized spacial score (nSPS) is 10.3. The van der Waals surface area contributed by atoms with Crippen LogP contribution < -0.4 is 15.8 Å². The van der Waals surface area contributed by atoms with Crippen LogP contribution in [0.3, 0.4) is 0 Å². The van der Waals surface area contributed by atoms with Crippen molar-refractivity contribution in [2.24, 2.45) is 0 Å². The number of nitrogens with two attached hydrogens (primary N) is 1. The maximum atomic E-state index is 6.12. The lowest BCUT2D eigenvalue weighted by atomic mass is 10.2. The van der Waals surface area contributed by atoms with E-state index in [-0.39, 0.29) is 0 Å². The fourth-order valence-corrected chi connectivity index (χ4v) is 2.27. The molecule has 0 saturated carbocycles. The zero-order valence-electron chi connectivity index (χ0n) is 10.4. The zero-order valence-corrected chi connectivity index (χ0v) is 11.9. The Labute approximate surface area is 122 Å². The smallest absolute Gasteiger partial charge is 0.144 e. The van der Waals surface area contributed by atoms with Crippen molar-refractivity contribution in [2.45, 2.75) is 6.54 Å². The quantitative estimate of drug-likeness (QED) is 0.832. The van der Waals surface area contributed by atoms with Gasteiger partial charge in [-0.25, -0.2) is 0 Å². The molecule has 2 aromatic rings. The van der Waals surface area contributed by atoms with E-state index >= 15 is 0 Å². The Balaban J connectivity index is 2.19. The summed E-state index contributed by atoms with van der Waals surface area (Å²) in [6, 6.07) is 10.9. The molecule has 0 saturated heterocycles. The predicted octanol–water partition coefficient (Wildman–Crippen LogP) is 4.20. The number of nitrogen functional groups attached to an aromatic ring is 1. The van der Waals surface area contributed by atoms with Gasteiger partial charge in [0.2, 0.25) is 0 Å². The molecule has 0 radical (unpaired) electrons. The summed E-state index contributed by atoms with van der Waals surface area (Å²) in [6.45, 7) is 0.513. The first-order chi connectivity index (χ1) is 9.11. The van der Waals surface area contributed by atoms with Crippen molar-refractivity contribution in [2.75, 3.05) is 18.2 Å². The molecule has 0 spiro atoms.